The molecule has 0 unspecified atom stereocenters. The van der Waals surface area contributed by atoms with Crippen molar-refractivity contribution < 1.29 is 9.53 Å². The Labute approximate surface area is 173 Å². The van der Waals surface area contributed by atoms with Gasteiger partial charge in [-0.15, -0.1) is 0 Å². The highest BCUT2D eigenvalue weighted by Crippen LogP contribution is 2.21. The monoisotopic (exact) mass is 409 g/mol. The third-order valence-corrected chi connectivity index (χ3v) is 5.18. The van der Waals surface area contributed by atoms with Gasteiger partial charge in [-0.25, -0.2) is 4.98 Å². The lowest BCUT2D eigenvalue weighted by atomic mass is 10.1. The number of nitrogens with zero attached hydrogens (tertiary/aromatic N) is 1. The summed E-state index contributed by atoms with van der Waals surface area (Å²) in [5.74, 6) is 1.24. The van der Waals surface area contributed by atoms with E-state index in [2.05, 4.69) is 15.3 Å². The molecular formula is C22H23N3O3S. The molecule has 0 radical (unpaired) electrons. The minimum Gasteiger partial charge on any atom is -0.497 e. The molecule has 0 spiro atoms. The molecule has 3 aromatic rings. The Kier molecular flexibility index (Phi) is 7.08. The van der Waals surface area contributed by atoms with Crippen LogP contribution in [-0.2, 0) is 23.5 Å². The smallest absolute Gasteiger partial charge is 0.251 e. The van der Waals surface area contributed by atoms with E-state index in [1.807, 2.05) is 55.5 Å². The van der Waals surface area contributed by atoms with Crippen LogP contribution < -0.4 is 15.6 Å². The van der Waals surface area contributed by atoms with E-state index in [9.17, 15) is 9.59 Å². The number of aromatic amines is 1. The maximum absolute atomic E-state index is 12.2. The van der Waals surface area contributed by atoms with E-state index in [1.54, 1.807) is 7.11 Å². The average Bonchev–Trinajstić information content (AvgIpc) is 2.71. The molecule has 1 amide bonds. The minimum absolute atomic E-state index is 0.0580. The fourth-order valence-electron chi connectivity index (χ4n) is 2.69. The molecule has 0 fully saturated rings. The summed E-state index contributed by atoms with van der Waals surface area (Å²) >= 11 is 1.41. The zero-order valence-electron chi connectivity index (χ0n) is 16.4. The fraction of sp³-hybridized carbons (Fsp3) is 0.227. The summed E-state index contributed by atoms with van der Waals surface area (Å²) in [7, 11) is 1.62. The van der Waals surface area contributed by atoms with Crippen molar-refractivity contribution in [1.29, 1.82) is 0 Å². The molecule has 150 valence electrons. The van der Waals surface area contributed by atoms with Gasteiger partial charge < -0.3 is 15.0 Å². The largest absolute Gasteiger partial charge is 0.497 e. The molecular weight excluding hydrogens is 386 g/mol. The van der Waals surface area contributed by atoms with E-state index in [0.717, 1.165) is 16.9 Å². The Balaban J connectivity index is 1.58. The van der Waals surface area contributed by atoms with Crippen LogP contribution in [0.1, 0.15) is 22.4 Å². The third kappa shape index (κ3) is 6.50. The van der Waals surface area contributed by atoms with Gasteiger partial charge in [0.05, 0.1) is 19.2 Å². The molecule has 0 aliphatic heterocycles. The minimum atomic E-state index is -0.269. The van der Waals surface area contributed by atoms with Crippen molar-refractivity contribution in [3.05, 3.63) is 87.3 Å². The van der Waals surface area contributed by atoms with E-state index in [0.29, 0.717) is 23.1 Å². The van der Waals surface area contributed by atoms with Gasteiger partial charge in [0, 0.05) is 18.4 Å². The third-order valence-electron chi connectivity index (χ3n) is 4.23. The number of carbonyl (C=O) groups excluding carboxylic acids is 1. The molecule has 0 saturated heterocycles. The molecule has 0 atom stereocenters. The first-order chi connectivity index (χ1) is 14.0. The first kappa shape index (κ1) is 20.7. The number of hydrogen-bond donors (Lipinski definition) is 2. The highest BCUT2D eigenvalue weighted by molar-refractivity contribution is 7.98. The lowest BCUT2D eigenvalue weighted by Crippen LogP contribution is -2.25. The van der Waals surface area contributed by atoms with Crippen LogP contribution in [0.3, 0.4) is 0 Å². The number of ether oxygens (including phenoxy) is 1. The molecule has 0 saturated carbocycles. The number of aryl methyl sites for hydroxylation is 1. The molecule has 7 heteroatoms. The summed E-state index contributed by atoms with van der Waals surface area (Å²) in [6.45, 7) is 2.46. The van der Waals surface area contributed by atoms with Crippen LogP contribution >= 0.6 is 11.8 Å². The summed E-state index contributed by atoms with van der Waals surface area (Å²) < 4.78 is 5.22. The van der Waals surface area contributed by atoms with Gasteiger partial charge in [0.1, 0.15) is 5.75 Å². The Bertz CT molecular complexity index is 1030. The quantitative estimate of drug-likeness (QED) is 0.441. The number of aromatic nitrogens is 2. The molecule has 0 bridgehead atoms. The first-order valence-electron chi connectivity index (χ1n) is 9.20. The SMILES string of the molecule is COc1cccc(CSc2nc(CC(=O)NCc3ccc(C)cc3)cc(=O)[nH]2)c1. The van der Waals surface area contributed by atoms with Gasteiger partial charge >= 0.3 is 0 Å². The van der Waals surface area contributed by atoms with Gasteiger partial charge in [0.15, 0.2) is 5.16 Å². The fourth-order valence-corrected chi connectivity index (χ4v) is 3.53. The molecule has 0 aliphatic rings. The van der Waals surface area contributed by atoms with E-state index in [4.69, 9.17) is 4.74 Å². The number of hydrogen-bond acceptors (Lipinski definition) is 5. The van der Waals surface area contributed by atoms with Crippen molar-refractivity contribution in [3.8, 4) is 5.75 Å². The van der Waals surface area contributed by atoms with E-state index in [1.165, 1.54) is 23.4 Å². The Morgan fingerprint density at radius 1 is 1.14 bits per heavy atom. The topological polar surface area (TPSA) is 84.1 Å². The predicted molar refractivity (Wildman–Crippen MR) is 114 cm³/mol. The molecule has 1 heterocycles. The highest BCUT2D eigenvalue weighted by atomic mass is 32.2. The lowest BCUT2D eigenvalue weighted by molar-refractivity contribution is -0.120. The van der Waals surface area contributed by atoms with Crippen LogP contribution in [-0.4, -0.2) is 23.0 Å². The summed E-state index contributed by atoms with van der Waals surface area (Å²) in [4.78, 5) is 31.3. The standard InChI is InChI=1S/C22H23N3O3S/c1-15-6-8-16(9-7-15)13-23-20(26)11-18-12-21(27)25-22(24-18)29-14-17-4-3-5-19(10-17)28-2/h3-10,12H,11,13-14H2,1-2H3,(H,23,26)(H,24,25,27). The number of amides is 1. The predicted octanol–water partition coefficient (Wildman–Crippen LogP) is 3.24. The van der Waals surface area contributed by atoms with Crippen LogP contribution in [0.5, 0.6) is 5.75 Å². The van der Waals surface area contributed by atoms with Crippen LogP contribution in [0, 0.1) is 6.92 Å². The van der Waals surface area contributed by atoms with E-state index >= 15 is 0 Å². The molecule has 3 rings (SSSR count). The molecule has 29 heavy (non-hydrogen) atoms. The molecule has 2 aromatic carbocycles. The first-order valence-corrected chi connectivity index (χ1v) is 10.2. The zero-order valence-corrected chi connectivity index (χ0v) is 17.2. The maximum atomic E-state index is 12.2. The number of H-pyrrole nitrogens is 1. The second kappa shape index (κ2) is 9.93. The molecule has 0 aliphatic carbocycles. The molecule has 1 aromatic heterocycles. The van der Waals surface area contributed by atoms with Gasteiger partial charge in [-0.05, 0) is 30.2 Å². The Morgan fingerprint density at radius 3 is 2.69 bits per heavy atom. The summed E-state index contributed by atoms with van der Waals surface area (Å²) in [5, 5.41) is 3.35. The maximum Gasteiger partial charge on any atom is 0.251 e. The number of rotatable bonds is 8. The van der Waals surface area contributed by atoms with Crippen molar-refractivity contribution in [2.45, 2.75) is 30.8 Å². The summed E-state index contributed by atoms with van der Waals surface area (Å²) in [6.07, 6.45) is 0.0580. The number of nitrogens with one attached hydrogen (secondary N) is 2. The van der Waals surface area contributed by atoms with Crippen molar-refractivity contribution in [2.75, 3.05) is 7.11 Å². The van der Waals surface area contributed by atoms with Gasteiger partial charge in [0.25, 0.3) is 5.56 Å². The van der Waals surface area contributed by atoms with Gasteiger partial charge in [-0.2, -0.15) is 0 Å². The van der Waals surface area contributed by atoms with Crippen molar-refractivity contribution in [2.24, 2.45) is 0 Å². The van der Waals surface area contributed by atoms with E-state index < -0.39 is 0 Å². The molecule has 2 N–H and O–H groups in total. The van der Waals surface area contributed by atoms with Crippen molar-refractivity contribution >= 4 is 17.7 Å². The Hall–Kier alpha value is -3.06. The van der Waals surface area contributed by atoms with Crippen LogP contribution in [0.15, 0.2) is 64.5 Å². The Morgan fingerprint density at radius 2 is 1.93 bits per heavy atom. The molecule has 6 nitrogen and oxygen atoms in total. The van der Waals surface area contributed by atoms with Crippen LogP contribution in [0.25, 0.3) is 0 Å². The normalized spacial score (nSPS) is 10.6. The van der Waals surface area contributed by atoms with Gasteiger partial charge in [0.2, 0.25) is 5.91 Å². The zero-order chi connectivity index (χ0) is 20.6. The number of thioether (sulfide) groups is 1. The van der Waals surface area contributed by atoms with Crippen molar-refractivity contribution in [1.82, 2.24) is 15.3 Å². The average molecular weight is 410 g/mol. The summed E-state index contributed by atoms with van der Waals surface area (Å²) in [5.41, 5.74) is 3.43. The number of methoxy groups -OCH3 is 1. The highest BCUT2D eigenvalue weighted by Gasteiger charge is 2.08. The number of benzene rings is 2. The second-order valence-electron chi connectivity index (χ2n) is 6.62. The van der Waals surface area contributed by atoms with E-state index in [-0.39, 0.29) is 17.9 Å². The van der Waals surface area contributed by atoms with Gasteiger partial charge in [-0.1, -0.05) is 53.7 Å². The lowest BCUT2D eigenvalue weighted by Gasteiger charge is -2.07. The van der Waals surface area contributed by atoms with Gasteiger partial charge in [-0.3, -0.25) is 9.59 Å². The van der Waals surface area contributed by atoms with Crippen LogP contribution in [0.2, 0.25) is 0 Å². The number of carbonyl (C=O) groups is 1. The van der Waals surface area contributed by atoms with Crippen molar-refractivity contribution in [3.63, 3.8) is 0 Å². The summed E-state index contributed by atoms with van der Waals surface area (Å²) in [6, 6.07) is 17.1. The van der Waals surface area contributed by atoms with Crippen LogP contribution in [0.4, 0.5) is 0 Å². The second-order valence-corrected chi connectivity index (χ2v) is 7.59.